The van der Waals surface area contributed by atoms with Gasteiger partial charge in [-0.25, -0.2) is 0 Å². The molecule has 8 heteroatoms. The Morgan fingerprint density at radius 2 is 1.95 bits per heavy atom. The van der Waals surface area contributed by atoms with Crippen LogP contribution in [0.25, 0.3) is 0 Å². The van der Waals surface area contributed by atoms with Crippen molar-refractivity contribution in [2.75, 3.05) is 10.6 Å². The van der Waals surface area contributed by atoms with Gasteiger partial charge in [0.1, 0.15) is 5.76 Å². The van der Waals surface area contributed by atoms with Gasteiger partial charge in [-0.1, -0.05) is 22.8 Å². The molecule has 0 saturated carbocycles. The Balaban J connectivity index is 1.80. The van der Waals surface area contributed by atoms with Gasteiger partial charge in [0, 0.05) is 16.8 Å². The molecule has 0 amide bonds. The molecule has 0 aliphatic carbocycles. The summed E-state index contributed by atoms with van der Waals surface area (Å²) in [6, 6.07) is 7.33. The minimum absolute atomic E-state index is 0.318. The Morgan fingerprint density at radius 1 is 1.09 bits per heavy atom. The molecule has 2 heterocycles. The van der Waals surface area contributed by atoms with Gasteiger partial charge in [-0.3, -0.25) is 0 Å². The van der Waals surface area contributed by atoms with Crippen molar-refractivity contribution in [3.05, 3.63) is 46.8 Å². The number of anilines is 4. The van der Waals surface area contributed by atoms with Crippen LogP contribution in [0.15, 0.2) is 35.0 Å². The molecule has 0 unspecified atom stereocenters. The van der Waals surface area contributed by atoms with Gasteiger partial charge in [0.05, 0.1) is 6.20 Å². The molecular formula is C14H13ClN6O. The van der Waals surface area contributed by atoms with Crippen molar-refractivity contribution in [3.63, 3.8) is 0 Å². The Morgan fingerprint density at radius 3 is 2.73 bits per heavy atom. The summed E-state index contributed by atoms with van der Waals surface area (Å²) < 4.78 is 4.97. The molecule has 0 atom stereocenters. The largest absolute Gasteiger partial charge is 0.360 e. The maximum absolute atomic E-state index is 6.00. The van der Waals surface area contributed by atoms with Crippen LogP contribution in [0.1, 0.15) is 11.3 Å². The van der Waals surface area contributed by atoms with E-state index in [1.807, 2.05) is 25.1 Å². The van der Waals surface area contributed by atoms with E-state index in [4.69, 9.17) is 16.1 Å². The van der Waals surface area contributed by atoms with E-state index in [1.165, 1.54) is 6.20 Å². The first-order valence-corrected chi connectivity index (χ1v) is 6.91. The molecule has 0 saturated heterocycles. The Labute approximate surface area is 131 Å². The molecule has 2 aromatic heterocycles. The first-order valence-electron chi connectivity index (χ1n) is 6.53. The molecule has 2 N–H and O–H groups in total. The molecule has 112 valence electrons. The number of nitrogens with zero attached hydrogens (tertiary/aromatic N) is 4. The van der Waals surface area contributed by atoms with Crippen molar-refractivity contribution in [2.24, 2.45) is 0 Å². The lowest BCUT2D eigenvalue weighted by atomic mass is 10.2. The summed E-state index contributed by atoms with van der Waals surface area (Å²) in [5, 5.41) is 18.4. The second-order valence-corrected chi connectivity index (χ2v) is 5.13. The highest BCUT2D eigenvalue weighted by atomic mass is 35.5. The third kappa shape index (κ3) is 3.32. The monoisotopic (exact) mass is 316 g/mol. The Hall–Kier alpha value is -2.67. The standard InChI is InChI=1S/C14H13ClN6O/c1-8-3-4-10(15)6-11(8)17-13-7-16-20-14(19-13)18-12-5-9(2)22-21-12/h3-7H,1-2H3,(H2,17,18,19,20,21). The Bertz CT molecular complexity index is 804. The van der Waals surface area contributed by atoms with Crippen LogP contribution < -0.4 is 10.6 Å². The highest BCUT2D eigenvalue weighted by Gasteiger charge is 2.06. The van der Waals surface area contributed by atoms with Gasteiger partial charge >= 0.3 is 0 Å². The van der Waals surface area contributed by atoms with Gasteiger partial charge in [-0.2, -0.15) is 10.1 Å². The fraction of sp³-hybridized carbons (Fsp3) is 0.143. The zero-order valence-corrected chi connectivity index (χ0v) is 12.7. The molecule has 1 aromatic carbocycles. The van der Waals surface area contributed by atoms with Gasteiger partial charge < -0.3 is 15.2 Å². The zero-order valence-electron chi connectivity index (χ0n) is 12.0. The molecule has 0 spiro atoms. The van der Waals surface area contributed by atoms with Crippen molar-refractivity contribution >= 4 is 34.9 Å². The van der Waals surface area contributed by atoms with E-state index in [9.17, 15) is 0 Å². The Kier molecular flexibility index (Phi) is 3.88. The van der Waals surface area contributed by atoms with E-state index in [0.717, 1.165) is 11.3 Å². The van der Waals surface area contributed by atoms with E-state index in [0.29, 0.717) is 28.4 Å². The van der Waals surface area contributed by atoms with E-state index in [2.05, 4.69) is 31.0 Å². The summed E-state index contributed by atoms with van der Waals surface area (Å²) >= 11 is 6.00. The van der Waals surface area contributed by atoms with Crippen molar-refractivity contribution in [2.45, 2.75) is 13.8 Å². The quantitative estimate of drug-likeness (QED) is 0.759. The zero-order chi connectivity index (χ0) is 15.5. The van der Waals surface area contributed by atoms with Crippen LogP contribution in [0, 0.1) is 13.8 Å². The van der Waals surface area contributed by atoms with Crippen LogP contribution in [0.5, 0.6) is 0 Å². The topological polar surface area (TPSA) is 88.8 Å². The predicted octanol–water partition coefficient (Wildman–Crippen LogP) is 3.62. The second-order valence-electron chi connectivity index (χ2n) is 4.70. The molecule has 0 radical (unpaired) electrons. The third-order valence-corrected chi connectivity index (χ3v) is 3.12. The van der Waals surface area contributed by atoms with Crippen molar-refractivity contribution < 1.29 is 4.52 Å². The van der Waals surface area contributed by atoms with Crippen molar-refractivity contribution in [1.29, 1.82) is 0 Å². The predicted molar refractivity (Wildman–Crippen MR) is 83.8 cm³/mol. The second kappa shape index (κ2) is 5.98. The van der Waals surface area contributed by atoms with E-state index >= 15 is 0 Å². The lowest BCUT2D eigenvalue weighted by Crippen LogP contribution is -2.03. The fourth-order valence-corrected chi connectivity index (χ4v) is 2.00. The number of halogens is 1. The minimum Gasteiger partial charge on any atom is -0.360 e. The van der Waals surface area contributed by atoms with Crippen LogP contribution in [-0.2, 0) is 0 Å². The number of rotatable bonds is 4. The highest BCUT2D eigenvalue weighted by Crippen LogP contribution is 2.23. The molecule has 0 aliphatic rings. The molecule has 0 fully saturated rings. The summed E-state index contributed by atoms with van der Waals surface area (Å²) in [7, 11) is 0. The summed E-state index contributed by atoms with van der Waals surface area (Å²) in [4.78, 5) is 4.32. The lowest BCUT2D eigenvalue weighted by molar-refractivity contribution is 0.400. The molecule has 22 heavy (non-hydrogen) atoms. The molecule has 3 rings (SSSR count). The normalized spacial score (nSPS) is 10.5. The SMILES string of the molecule is Cc1cc(Nc2nncc(Nc3cc(Cl)ccc3C)n2)no1. The molecule has 7 nitrogen and oxygen atoms in total. The fourth-order valence-electron chi connectivity index (χ4n) is 1.82. The highest BCUT2D eigenvalue weighted by molar-refractivity contribution is 6.30. The smallest absolute Gasteiger partial charge is 0.250 e. The first-order chi connectivity index (χ1) is 10.6. The molecule has 0 bridgehead atoms. The number of hydrogen-bond donors (Lipinski definition) is 2. The molecule has 3 aromatic rings. The van der Waals surface area contributed by atoms with Crippen LogP contribution >= 0.6 is 11.6 Å². The van der Waals surface area contributed by atoms with Crippen LogP contribution in [0.3, 0.4) is 0 Å². The van der Waals surface area contributed by atoms with E-state index < -0.39 is 0 Å². The number of aryl methyl sites for hydroxylation is 2. The summed E-state index contributed by atoms with van der Waals surface area (Å²) in [5.74, 6) is 2.08. The number of nitrogens with one attached hydrogen (secondary N) is 2. The summed E-state index contributed by atoms with van der Waals surface area (Å²) in [6.45, 7) is 3.78. The number of benzene rings is 1. The van der Waals surface area contributed by atoms with Crippen LogP contribution in [-0.4, -0.2) is 20.3 Å². The van der Waals surface area contributed by atoms with Gasteiger partial charge in [-0.15, -0.1) is 5.10 Å². The summed E-state index contributed by atoms with van der Waals surface area (Å²) in [5.41, 5.74) is 1.90. The minimum atomic E-state index is 0.318. The molecule has 0 aliphatic heterocycles. The van der Waals surface area contributed by atoms with Crippen molar-refractivity contribution in [1.82, 2.24) is 20.3 Å². The molecular weight excluding hydrogens is 304 g/mol. The lowest BCUT2D eigenvalue weighted by Gasteiger charge is -2.09. The van der Waals surface area contributed by atoms with Gasteiger partial charge in [0.25, 0.3) is 0 Å². The average Bonchev–Trinajstić information content (AvgIpc) is 2.88. The van der Waals surface area contributed by atoms with Gasteiger partial charge in [0.2, 0.25) is 5.95 Å². The summed E-state index contributed by atoms with van der Waals surface area (Å²) in [6.07, 6.45) is 1.53. The van der Waals surface area contributed by atoms with Gasteiger partial charge in [0.15, 0.2) is 11.6 Å². The number of aromatic nitrogens is 4. The van der Waals surface area contributed by atoms with Crippen molar-refractivity contribution in [3.8, 4) is 0 Å². The van der Waals surface area contributed by atoms with Crippen LogP contribution in [0.4, 0.5) is 23.3 Å². The number of hydrogen-bond acceptors (Lipinski definition) is 7. The third-order valence-electron chi connectivity index (χ3n) is 2.89. The van der Waals surface area contributed by atoms with E-state index in [-0.39, 0.29) is 0 Å². The van der Waals surface area contributed by atoms with Crippen LogP contribution in [0.2, 0.25) is 5.02 Å². The maximum atomic E-state index is 6.00. The maximum Gasteiger partial charge on any atom is 0.250 e. The first kappa shape index (κ1) is 14.3. The average molecular weight is 317 g/mol. The van der Waals surface area contributed by atoms with Gasteiger partial charge in [-0.05, 0) is 31.5 Å². The van der Waals surface area contributed by atoms with E-state index in [1.54, 1.807) is 13.0 Å².